The largest absolute Gasteiger partial charge is 0.440 e. The molecular formula is C14H15NO4S. The van der Waals surface area contributed by atoms with Crippen LogP contribution >= 0.6 is 11.3 Å². The van der Waals surface area contributed by atoms with Crippen molar-refractivity contribution in [2.24, 2.45) is 0 Å². The van der Waals surface area contributed by atoms with Crippen LogP contribution in [0.2, 0.25) is 0 Å². The predicted octanol–water partition coefficient (Wildman–Crippen LogP) is 4.06. The summed E-state index contributed by atoms with van der Waals surface area (Å²) < 4.78 is 5.61. The van der Waals surface area contributed by atoms with Crippen LogP contribution in [0, 0.1) is 10.1 Å². The summed E-state index contributed by atoms with van der Waals surface area (Å²) >= 11 is 1.09. The Kier molecular flexibility index (Phi) is 4.36. The topological polar surface area (TPSA) is 72.6 Å². The molecule has 106 valence electrons. The van der Waals surface area contributed by atoms with E-state index in [2.05, 4.69) is 0 Å². The molecule has 2 rings (SSSR count). The van der Waals surface area contributed by atoms with Crippen LogP contribution in [0.3, 0.4) is 0 Å². The molecule has 5 nitrogen and oxygen atoms in total. The van der Waals surface area contributed by atoms with Gasteiger partial charge >= 0.3 is 5.69 Å². The Bertz CT molecular complexity index is 621. The molecule has 0 aliphatic rings. The molecule has 0 fully saturated rings. The van der Waals surface area contributed by atoms with E-state index < -0.39 is 11.0 Å². The zero-order chi connectivity index (χ0) is 14.7. The average Bonchev–Trinajstić information content (AvgIpc) is 2.83. The zero-order valence-electron chi connectivity index (χ0n) is 11.2. The third-order valence-corrected chi connectivity index (χ3v) is 4.00. The van der Waals surface area contributed by atoms with Gasteiger partial charge in [0.15, 0.2) is 0 Å². The van der Waals surface area contributed by atoms with E-state index in [1.165, 1.54) is 6.07 Å². The molecule has 6 heteroatoms. The number of ether oxygens (including phenoxy) is 1. The summed E-state index contributed by atoms with van der Waals surface area (Å²) in [6.07, 6.45) is 0.112. The minimum Gasteiger partial charge on any atom is -0.440 e. The van der Waals surface area contributed by atoms with Gasteiger partial charge in [0.2, 0.25) is 0 Å². The van der Waals surface area contributed by atoms with Gasteiger partial charge in [0, 0.05) is 10.9 Å². The van der Waals surface area contributed by atoms with Crippen LogP contribution in [0.5, 0.6) is 10.8 Å². The van der Waals surface area contributed by atoms with Gasteiger partial charge in [0.1, 0.15) is 5.75 Å². The molecule has 1 atom stereocenters. The minimum absolute atomic E-state index is 0.118. The Morgan fingerprint density at radius 3 is 2.80 bits per heavy atom. The van der Waals surface area contributed by atoms with Gasteiger partial charge in [-0.25, -0.2) is 0 Å². The molecule has 1 heterocycles. The molecule has 0 saturated heterocycles. The van der Waals surface area contributed by atoms with E-state index in [1.54, 1.807) is 13.0 Å². The van der Waals surface area contributed by atoms with Crippen molar-refractivity contribution < 1.29 is 14.8 Å². The highest BCUT2D eigenvalue weighted by Gasteiger charge is 2.23. The number of aliphatic hydroxyl groups is 1. The fourth-order valence-corrected chi connectivity index (χ4v) is 2.66. The van der Waals surface area contributed by atoms with Crippen LogP contribution < -0.4 is 4.74 Å². The molecule has 0 unspecified atom stereocenters. The van der Waals surface area contributed by atoms with Crippen LogP contribution in [0.4, 0.5) is 5.69 Å². The van der Waals surface area contributed by atoms with Crippen LogP contribution in [-0.4, -0.2) is 10.0 Å². The van der Waals surface area contributed by atoms with Crippen molar-refractivity contribution in [2.45, 2.75) is 26.4 Å². The minimum atomic E-state index is -0.752. The smallest absolute Gasteiger partial charge is 0.323 e. The molecule has 0 bridgehead atoms. The zero-order valence-corrected chi connectivity index (χ0v) is 12.0. The van der Waals surface area contributed by atoms with E-state index in [0.29, 0.717) is 10.6 Å². The van der Waals surface area contributed by atoms with Crippen molar-refractivity contribution >= 4 is 17.0 Å². The number of nitro groups is 1. The highest BCUT2D eigenvalue weighted by molar-refractivity contribution is 7.14. The number of aryl methyl sites for hydroxylation is 1. The van der Waals surface area contributed by atoms with Crippen molar-refractivity contribution in [3.8, 4) is 10.8 Å². The molecule has 0 saturated carbocycles. The summed E-state index contributed by atoms with van der Waals surface area (Å²) in [6.45, 7) is 3.59. The Labute approximate surface area is 120 Å². The summed E-state index contributed by atoms with van der Waals surface area (Å²) in [5.74, 6) is 0.562. The maximum absolute atomic E-state index is 11.0. The maximum Gasteiger partial charge on any atom is 0.323 e. The van der Waals surface area contributed by atoms with Gasteiger partial charge in [-0.1, -0.05) is 30.4 Å². The van der Waals surface area contributed by atoms with Crippen LogP contribution in [0.1, 0.15) is 30.4 Å². The Hall–Kier alpha value is -1.92. The first-order valence-electron chi connectivity index (χ1n) is 6.24. The fourth-order valence-electron chi connectivity index (χ4n) is 1.72. The first-order chi connectivity index (χ1) is 9.51. The Balaban J connectivity index is 2.34. The van der Waals surface area contributed by atoms with Gasteiger partial charge in [-0.15, -0.1) is 0 Å². The molecule has 0 radical (unpaired) electrons. The van der Waals surface area contributed by atoms with Crippen molar-refractivity contribution in [3.05, 3.63) is 50.9 Å². The molecule has 2 aromatic rings. The molecule has 0 aliphatic carbocycles. The highest BCUT2D eigenvalue weighted by Crippen LogP contribution is 2.41. The predicted molar refractivity (Wildman–Crippen MR) is 77.5 cm³/mol. The second-order valence-corrected chi connectivity index (χ2v) is 5.40. The van der Waals surface area contributed by atoms with Gasteiger partial charge in [0.25, 0.3) is 5.06 Å². The van der Waals surface area contributed by atoms with Gasteiger partial charge in [-0.2, -0.15) is 0 Å². The molecule has 0 amide bonds. The van der Waals surface area contributed by atoms with Crippen LogP contribution in [0.25, 0.3) is 0 Å². The summed E-state index contributed by atoms with van der Waals surface area (Å²) in [5.41, 5.74) is 0.977. The molecule has 0 aliphatic heterocycles. The number of hydrogen-bond donors (Lipinski definition) is 1. The van der Waals surface area contributed by atoms with Crippen molar-refractivity contribution in [1.82, 2.24) is 0 Å². The van der Waals surface area contributed by atoms with E-state index in [-0.39, 0.29) is 10.8 Å². The first-order valence-corrected chi connectivity index (χ1v) is 7.06. The lowest BCUT2D eigenvalue weighted by molar-refractivity contribution is -0.385. The molecule has 1 aromatic heterocycles. The second kappa shape index (κ2) is 6.02. The summed E-state index contributed by atoms with van der Waals surface area (Å²) in [7, 11) is 0. The van der Waals surface area contributed by atoms with E-state index >= 15 is 0 Å². The third-order valence-electron chi connectivity index (χ3n) is 2.82. The highest BCUT2D eigenvalue weighted by atomic mass is 32.1. The number of aliphatic hydroxyl groups excluding tert-OH is 1. The van der Waals surface area contributed by atoms with Crippen molar-refractivity contribution in [2.75, 3.05) is 0 Å². The number of benzene rings is 1. The summed E-state index contributed by atoms with van der Waals surface area (Å²) in [4.78, 5) is 11.0. The standard InChI is InChI=1S/C14H15NO4S/c1-3-10-5-4-6-11(7-10)19-14-12(15(17)18)8-13(20-14)9(2)16/h4-9,16H,3H2,1-2H3/t9-/m0/s1. The number of nitrogens with zero attached hydrogens (tertiary/aromatic N) is 1. The first kappa shape index (κ1) is 14.5. The Morgan fingerprint density at radius 2 is 2.20 bits per heavy atom. The molecule has 1 N–H and O–H groups in total. The van der Waals surface area contributed by atoms with Crippen molar-refractivity contribution in [1.29, 1.82) is 0 Å². The van der Waals surface area contributed by atoms with E-state index in [9.17, 15) is 15.2 Å². The van der Waals surface area contributed by atoms with Crippen LogP contribution in [0.15, 0.2) is 30.3 Å². The normalized spacial score (nSPS) is 12.2. The quantitative estimate of drug-likeness (QED) is 0.666. The number of hydrogen-bond acceptors (Lipinski definition) is 5. The number of rotatable bonds is 5. The molecule has 20 heavy (non-hydrogen) atoms. The monoisotopic (exact) mass is 293 g/mol. The lowest BCUT2D eigenvalue weighted by atomic mass is 10.2. The van der Waals surface area contributed by atoms with Crippen molar-refractivity contribution in [3.63, 3.8) is 0 Å². The van der Waals surface area contributed by atoms with E-state index in [4.69, 9.17) is 4.74 Å². The molecular weight excluding hydrogens is 278 g/mol. The SMILES string of the molecule is CCc1cccc(Oc2sc([C@H](C)O)cc2[N+](=O)[O-])c1. The van der Waals surface area contributed by atoms with E-state index in [1.807, 2.05) is 25.1 Å². The second-order valence-electron chi connectivity index (χ2n) is 4.36. The summed E-state index contributed by atoms with van der Waals surface area (Å²) in [6, 6.07) is 8.78. The fraction of sp³-hybridized carbons (Fsp3) is 0.286. The van der Waals surface area contributed by atoms with E-state index in [0.717, 1.165) is 23.3 Å². The molecule has 0 spiro atoms. The number of thiophene rings is 1. The van der Waals surface area contributed by atoms with Gasteiger partial charge in [-0.3, -0.25) is 10.1 Å². The molecule has 1 aromatic carbocycles. The lowest BCUT2D eigenvalue weighted by Crippen LogP contribution is -1.90. The van der Waals surface area contributed by atoms with Gasteiger partial charge in [-0.05, 0) is 31.0 Å². The average molecular weight is 293 g/mol. The Morgan fingerprint density at radius 1 is 1.45 bits per heavy atom. The van der Waals surface area contributed by atoms with Crippen LogP contribution in [-0.2, 0) is 6.42 Å². The van der Waals surface area contributed by atoms with Gasteiger partial charge < -0.3 is 9.84 Å². The summed E-state index contributed by atoms with van der Waals surface area (Å²) in [5, 5.41) is 20.7. The van der Waals surface area contributed by atoms with Gasteiger partial charge in [0.05, 0.1) is 11.0 Å². The maximum atomic E-state index is 11.0. The third kappa shape index (κ3) is 3.15. The lowest BCUT2D eigenvalue weighted by Gasteiger charge is -2.04.